The number of aromatic nitrogens is 4. The van der Waals surface area contributed by atoms with Crippen LogP contribution in [-0.2, 0) is 0 Å². The number of hydrogen-bond donors (Lipinski definition) is 1. The molecule has 0 fully saturated rings. The van der Waals surface area contributed by atoms with Gasteiger partial charge in [-0.15, -0.1) is 35.6 Å². The number of benzene rings is 1. The van der Waals surface area contributed by atoms with Gasteiger partial charge in [-0.3, -0.25) is 4.57 Å². The smallest absolute Gasteiger partial charge is 0.157 e. The van der Waals surface area contributed by atoms with Crippen molar-refractivity contribution in [3.05, 3.63) is 41.6 Å². The highest BCUT2D eigenvalue weighted by Gasteiger charge is 2.09. The van der Waals surface area contributed by atoms with E-state index in [1.165, 1.54) is 0 Å². The summed E-state index contributed by atoms with van der Waals surface area (Å²) in [5, 5.41) is 0. The highest BCUT2D eigenvalue weighted by Crippen LogP contribution is 2.20. The zero-order valence-electron chi connectivity index (χ0n) is 12.7. The standard InChI is InChI=1S/C15H15Cl2N5S.ClH/c16-5-7-21(8-6-17)11-1-3-12(4-2-11)22-10-20-13-14(22)18-9-19-15(13)23;/h1-4,9-10H,5-8H2,(H,18,19,23);1H. The number of hydrogen-bond acceptors (Lipinski definition) is 4. The number of imidazole rings is 1. The topological polar surface area (TPSA) is 49.7 Å². The third kappa shape index (κ3) is 3.83. The molecule has 3 rings (SSSR count). The van der Waals surface area contributed by atoms with Crippen LogP contribution in [0.1, 0.15) is 0 Å². The van der Waals surface area contributed by atoms with Crippen molar-refractivity contribution in [2.75, 3.05) is 29.7 Å². The van der Waals surface area contributed by atoms with Crippen molar-refractivity contribution >= 4 is 64.7 Å². The van der Waals surface area contributed by atoms with Crippen molar-refractivity contribution in [3.63, 3.8) is 0 Å². The van der Waals surface area contributed by atoms with Crippen LogP contribution in [0.2, 0.25) is 0 Å². The summed E-state index contributed by atoms with van der Waals surface area (Å²) in [6.07, 6.45) is 3.32. The van der Waals surface area contributed by atoms with Crippen LogP contribution in [0.3, 0.4) is 0 Å². The van der Waals surface area contributed by atoms with Crippen molar-refractivity contribution in [2.24, 2.45) is 0 Å². The van der Waals surface area contributed by atoms with Crippen LogP contribution in [0.25, 0.3) is 16.9 Å². The number of H-pyrrole nitrogens is 1. The van der Waals surface area contributed by atoms with Gasteiger partial charge in [-0.25, -0.2) is 9.97 Å². The molecular weight excluding hydrogens is 389 g/mol. The Labute approximate surface area is 161 Å². The number of anilines is 1. The number of aromatic amines is 1. The number of fused-ring (bicyclic) bond motifs is 1. The molecule has 0 saturated carbocycles. The fourth-order valence-corrected chi connectivity index (χ4v) is 3.06. The first kappa shape index (κ1) is 19.0. The van der Waals surface area contributed by atoms with Gasteiger partial charge in [0.05, 0.1) is 6.33 Å². The van der Waals surface area contributed by atoms with Crippen LogP contribution >= 0.6 is 47.8 Å². The molecule has 9 heteroatoms. The molecule has 1 N–H and O–H groups in total. The molecule has 3 aromatic rings. The van der Waals surface area contributed by atoms with Gasteiger partial charge in [-0.2, -0.15) is 0 Å². The second-order valence-corrected chi connectivity index (χ2v) is 6.04. The van der Waals surface area contributed by atoms with E-state index >= 15 is 0 Å². The minimum absolute atomic E-state index is 0. The van der Waals surface area contributed by atoms with Gasteiger partial charge in [0.1, 0.15) is 17.5 Å². The third-order valence-corrected chi connectivity index (χ3v) is 4.19. The van der Waals surface area contributed by atoms with Gasteiger partial charge in [0.25, 0.3) is 0 Å². The molecule has 0 atom stereocenters. The second-order valence-electron chi connectivity index (χ2n) is 4.90. The summed E-state index contributed by atoms with van der Waals surface area (Å²) in [6.45, 7) is 1.53. The van der Waals surface area contributed by atoms with Crippen molar-refractivity contribution in [2.45, 2.75) is 0 Å². The van der Waals surface area contributed by atoms with Crippen molar-refractivity contribution in [1.82, 2.24) is 19.5 Å². The molecule has 0 aliphatic rings. The van der Waals surface area contributed by atoms with E-state index in [2.05, 4.69) is 32.0 Å². The van der Waals surface area contributed by atoms with Crippen LogP contribution in [0.5, 0.6) is 0 Å². The Morgan fingerprint density at radius 2 is 1.75 bits per heavy atom. The summed E-state index contributed by atoms with van der Waals surface area (Å²) in [6, 6.07) is 8.17. The van der Waals surface area contributed by atoms with Crippen molar-refractivity contribution in [3.8, 4) is 5.69 Å². The maximum absolute atomic E-state index is 5.86. The average Bonchev–Trinajstić information content (AvgIpc) is 3.00. The van der Waals surface area contributed by atoms with Crippen LogP contribution < -0.4 is 4.90 Å². The summed E-state index contributed by atoms with van der Waals surface area (Å²) in [5.41, 5.74) is 3.60. The zero-order valence-corrected chi connectivity index (χ0v) is 15.8. The van der Waals surface area contributed by atoms with Gasteiger partial charge < -0.3 is 9.88 Å². The first-order chi connectivity index (χ1) is 11.2. The molecule has 0 spiro atoms. The van der Waals surface area contributed by atoms with E-state index in [4.69, 9.17) is 35.4 Å². The lowest BCUT2D eigenvalue weighted by molar-refractivity contribution is 0.873. The lowest BCUT2D eigenvalue weighted by atomic mass is 10.2. The fourth-order valence-electron chi connectivity index (χ4n) is 2.45. The third-order valence-electron chi connectivity index (χ3n) is 3.56. The van der Waals surface area contributed by atoms with Crippen LogP contribution in [0.15, 0.2) is 36.9 Å². The summed E-state index contributed by atoms with van der Waals surface area (Å²) < 4.78 is 2.44. The number of alkyl halides is 2. The molecule has 0 amide bonds. The Kier molecular flexibility index (Phi) is 6.86. The molecule has 2 aromatic heterocycles. The van der Waals surface area contributed by atoms with Crippen molar-refractivity contribution in [1.29, 1.82) is 0 Å². The number of nitrogens with zero attached hydrogens (tertiary/aromatic N) is 4. The van der Waals surface area contributed by atoms with E-state index in [9.17, 15) is 0 Å². The lowest BCUT2D eigenvalue weighted by Gasteiger charge is -2.23. The molecule has 0 radical (unpaired) electrons. The first-order valence-electron chi connectivity index (χ1n) is 7.12. The molecule has 0 unspecified atom stereocenters. The van der Waals surface area contributed by atoms with E-state index in [1.54, 1.807) is 12.7 Å². The Morgan fingerprint density at radius 1 is 1.08 bits per heavy atom. The van der Waals surface area contributed by atoms with Crippen LogP contribution in [0.4, 0.5) is 5.69 Å². The molecule has 2 heterocycles. The lowest BCUT2D eigenvalue weighted by Crippen LogP contribution is -2.27. The molecule has 24 heavy (non-hydrogen) atoms. The molecule has 1 aromatic carbocycles. The summed E-state index contributed by atoms with van der Waals surface area (Å²) >= 11 is 16.9. The highest BCUT2D eigenvalue weighted by atomic mass is 35.5. The fraction of sp³-hybridized carbons (Fsp3) is 0.267. The SMILES string of the molecule is Cl.S=c1nc[nH]c2c1ncn2-c1ccc(N(CCCl)CCCl)cc1. The van der Waals surface area contributed by atoms with Gasteiger partial charge in [0.2, 0.25) is 0 Å². The molecule has 0 aliphatic heterocycles. The van der Waals surface area contributed by atoms with E-state index in [1.807, 2.05) is 16.7 Å². The predicted octanol–water partition coefficient (Wildman–Crippen LogP) is 4.18. The van der Waals surface area contributed by atoms with Crippen LogP contribution in [-0.4, -0.2) is 44.4 Å². The van der Waals surface area contributed by atoms with E-state index < -0.39 is 0 Å². The molecule has 5 nitrogen and oxygen atoms in total. The highest BCUT2D eigenvalue weighted by molar-refractivity contribution is 7.71. The van der Waals surface area contributed by atoms with Crippen molar-refractivity contribution < 1.29 is 0 Å². The van der Waals surface area contributed by atoms with Gasteiger partial charge in [-0.05, 0) is 24.3 Å². The largest absolute Gasteiger partial charge is 0.369 e. The van der Waals surface area contributed by atoms with Crippen LogP contribution in [0, 0.1) is 4.64 Å². The molecule has 128 valence electrons. The van der Waals surface area contributed by atoms with Gasteiger partial charge in [-0.1, -0.05) is 12.2 Å². The minimum atomic E-state index is 0. The maximum atomic E-state index is 5.86. The zero-order chi connectivity index (χ0) is 16.2. The number of rotatable bonds is 6. The van der Waals surface area contributed by atoms with Gasteiger partial charge in [0.15, 0.2) is 4.64 Å². The summed E-state index contributed by atoms with van der Waals surface area (Å²) in [7, 11) is 0. The number of nitrogens with one attached hydrogen (secondary N) is 1. The predicted molar refractivity (Wildman–Crippen MR) is 105 cm³/mol. The maximum Gasteiger partial charge on any atom is 0.157 e. The monoisotopic (exact) mass is 403 g/mol. The van der Waals surface area contributed by atoms with E-state index in [-0.39, 0.29) is 12.4 Å². The Balaban J connectivity index is 0.00000208. The normalized spacial score (nSPS) is 10.6. The number of halogens is 3. The second kappa shape index (κ2) is 8.67. The van der Waals surface area contributed by atoms with Gasteiger partial charge >= 0.3 is 0 Å². The Morgan fingerprint density at radius 3 is 2.38 bits per heavy atom. The average molecular weight is 405 g/mol. The molecule has 0 aliphatic carbocycles. The molecular formula is C15H16Cl3N5S. The van der Waals surface area contributed by atoms with E-state index in [0.717, 1.165) is 30.1 Å². The minimum Gasteiger partial charge on any atom is -0.369 e. The Bertz CT molecular complexity index is 840. The Hall–Kier alpha value is -1.34. The quantitative estimate of drug-likeness (QED) is 0.494. The summed E-state index contributed by atoms with van der Waals surface area (Å²) in [4.78, 5) is 13.6. The molecule has 0 bridgehead atoms. The van der Waals surface area contributed by atoms with Gasteiger partial charge in [0, 0.05) is 36.2 Å². The summed E-state index contributed by atoms with van der Waals surface area (Å²) in [5.74, 6) is 1.13. The van der Waals surface area contributed by atoms with E-state index in [0.29, 0.717) is 21.9 Å². The molecule has 0 saturated heterocycles. The first-order valence-corrected chi connectivity index (χ1v) is 8.60.